The molecule has 2 aliphatic rings. The average molecular weight is 487 g/mol. The molecule has 35 heavy (non-hydrogen) atoms. The quantitative estimate of drug-likeness (QED) is 0.446. The third-order valence-corrected chi connectivity index (χ3v) is 7.62. The molecule has 3 N–H and O–H groups in total. The summed E-state index contributed by atoms with van der Waals surface area (Å²) in [6, 6.07) is 18.3. The Morgan fingerprint density at radius 2 is 1.91 bits per heavy atom. The summed E-state index contributed by atoms with van der Waals surface area (Å²) in [7, 11) is 1.48. The summed E-state index contributed by atoms with van der Waals surface area (Å²) < 4.78 is 5.34. The Hall–Kier alpha value is -3.84. The highest BCUT2D eigenvalue weighted by atomic mass is 32.1. The minimum atomic E-state index is -0.582. The number of phenolic OH excluding ortho intramolecular Hbond substituents is 1. The van der Waals surface area contributed by atoms with Gasteiger partial charge in [0.1, 0.15) is 0 Å². The van der Waals surface area contributed by atoms with Crippen LogP contribution in [0.15, 0.2) is 88.6 Å². The van der Waals surface area contributed by atoms with Crippen molar-refractivity contribution >= 4 is 28.7 Å². The number of hydrogen-bond donors (Lipinski definition) is 3. The van der Waals surface area contributed by atoms with Crippen LogP contribution in [0, 0.1) is 0 Å². The number of ketones is 1. The molecule has 0 fully saturated rings. The van der Waals surface area contributed by atoms with E-state index >= 15 is 0 Å². The van der Waals surface area contributed by atoms with Crippen LogP contribution in [0.2, 0.25) is 0 Å². The van der Waals surface area contributed by atoms with Gasteiger partial charge in [0, 0.05) is 51.4 Å². The van der Waals surface area contributed by atoms with Crippen molar-refractivity contribution in [2.24, 2.45) is 0 Å². The molecule has 2 aromatic carbocycles. The number of nitrogens with one attached hydrogen (secondary N) is 2. The first-order valence-corrected chi connectivity index (χ1v) is 12.3. The van der Waals surface area contributed by atoms with E-state index < -0.39 is 5.92 Å². The number of rotatable bonds is 5. The Morgan fingerprint density at radius 1 is 1.11 bits per heavy atom. The van der Waals surface area contributed by atoms with Crippen molar-refractivity contribution in [3.05, 3.63) is 99.0 Å². The van der Waals surface area contributed by atoms with Crippen molar-refractivity contribution in [1.82, 2.24) is 5.32 Å². The van der Waals surface area contributed by atoms with Gasteiger partial charge in [-0.3, -0.25) is 9.59 Å². The van der Waals surface area contributed by atoms with Gasteiger partial charge in [-0.05, 0) is 54.6 Å². The summed E-state index contributed by atoms with van der Waals surface area (Å²) in [5.41, 5.74) is 4.03. The van der Waals surface area contributed by atoms with Gasteiger partial charge in [-0.2, -0.15) is 0 Å². The number of benzene rings is 2. The molecule has 1 aliphatic heterocycles. The van der Waals surface area contributed by atoms with Gasteiger partial charge in [-0.25, -0.2) is 0 Å². The molecular weight excluding hydrogens is 460 g/mol. The molecule has 2 heterocycles. The fourth-order valence-electron chi connectivity index (χ4n) is 4.99. The number of thiophene rings is 1. The monoisotopic (exact) mass is 486 g/mol. The van der Waals surface area contributed by atoms with E-state index in [4.69, 9.17) is 4.74 Å². The predicted octanol–water partition coefficient (Wildman–Crippen LogP) is 5.46. The van der Waals surface area contributed by atoms with Crippen molar-refractivity contribution < 1.29 is 19.4 Å². The van der Waals surface area contributed by atoms with Crippen LogP contribution in [0.5, 0.6) is 11.5 Å². The molecule has 178 valence electrons. The molecule has 1 amide bonds. The van der Waals surface area contributed by atoms with Crippen LogP contribution < -0.4 is 15.4 Å². The molecule has 2 atom stereocenters. The van der Waals surface area contributed by atoms with Crippen molar-refractivity contribution in [3.8, 4) is 11.5 Å². The molecule has 0 bridgehead atoms. The number of carbonyl (C=O) groups excluding carboxylic acids is 2. The van der Waals surface area contributed by atoms with Crippen molar-refractivity contribution in [3.63, 3.8) is 0 Å². The summed E-state index contributed by atoms with van der Waals surface area (Å²) in [5, 5.41) is 18.6. The summed E-state index contributed by atoms with van der Waals surface area (Å²) in [6.07, 6.45) is 1.08. The van der Waals surface area contributed by atoms with Crippen molar-refractivity contribution in [1.29, 1.82) is 0 Å². The molecule has 0 unspecified atom stereocenters. The number of methoxy groups -OCH3 is 1. The number of hydrogen-bond acceptors (Lipinski definition) is 6. The zero-order chi connectivity index (χ0) is 24.5. The lowest BCUT2D eigenvalue weighted by Crippen LogP contribution is -2.37. The topological polar surface area (TPSA) is 87.7 Å². The number of Topliss-reactive ketones (excluding diaryl/α,β-unsaturated/α-hetero) is 1. The second kappa shape index (κ2) is 9.43. The van der Waals surface area contributed by atoms with Gasteiger partial charge >= 0.3 is 0 Å². The Morgan fingerprint density at radius 3 is 2.63 bits per heavy atom. The number of carbonyl (C=O) groups is 2. The third kappa shape index (κ3) is 4.35. The van der Waals surface area contributed by atoms with Gasteiger partial charge in [0.15, 0.2) is 17.3 Å². The molecule has 3 aromatic rings. The summed E-state index contributed by atoms with van der Waals surface area (Å²) >= 11 is 1.66. The first-order chi connectivity index (χ1) is 17.0. The molecule has 6 nitrogen and oxygen atoms in total. The van der Waals surface area contributed by atoms with Gasteiger partial charge in [-0.15, -0.1) is 11.3 Å². The highest BCUT2D eigenvalue weighted by Gasteiger charge is 2.41. The van der Waals surface area contributed by atoms with Crippen LogP contribution in [0.3, 0.4) is 0 Å². The Bertz CT molecular complexity index is 1340. The third-order valence-electron chi connectivity index (χ3n) is 6.59. The lowest BCUT2D eigenvalue weighted by molar-refractivity contribution is -0.116. The summed E-state index contributed by atoms with van der Waals surface area (Å²) in [4.78, 5) is 28.4. The van der Waals surface area contributed by atoms with E-state index in [9.17, 15) is 14.7 Å². The smallest absolute Gasteiger partial charge is 0.254 e. The second-order valence-corrected chi connectivity index (χ2v) is 9.76. The van der Waals surface area contributed by atoms with Crippen molar-refractivity contribution in [2.45, 2.75) is 31.6 Å². The molecule has 1 aromatic heterocycles. The average Bonchev–Trinajstić information content (AvgIpc) is 3.39. The van der Waals surface area contributed by atoms with E-state index in [1.54, 1.807) is 29.5 Å². The van der Waals surface area contributed by atoms with Gasteiger partial charge < -0.3 is 20.5 Å². The summed E-state index contributed by atoms with van der Waals surface area (Å²) in [5.74, 6) is -0.436. The maximum atomic E-state index is 13.6. The number of phenols is 1. The van der Waals surface area contributed by atoms with Gasteiger partial charge in [0.25, 0.3) is 5.91 Å². The van der Waals surface area contributed by atoms with Crippen LogP contribution in [0.25, 0.3) is 0 Å². The van der Waals surface area contributed by atoms with E-state index in [0.717, 1.165) is 5.70 Å². The normalized spacial score (nSPS) is 19.8. The molecule has 0 saturated carbocycles. The SMILES string of the molecule is COc1cc([C@H]2C(C(=O)Nc3ccccc3)=C(C)NC3=C2C(=O)C[C@H](c2cccs2)C3)ccc1O. The fourth-order valence-corrected chi connectivity index (χ4v) is 5.82. The highest BCUT2D eigenvalue weighted by molar-refractivity contribution is 7.10. The van der Waals surface area contributed by atoms with E-state index in [-0.39, 0.29) is 23.4 Å². The zero-order valence-corrected chi connectivity index (χ0v) is 20.3. The Kier molecular flexibility index (Phi) is 6.17. The second-order valence-electron chi connectivity index (χ2n) is 8.78. The first-order valence-electron chi connectivity index (χ1n) is 11.5. The Balaban J connectivity index is 1.60. The molecule has 0 radical (unpaired) electrons. The predicted molar refractivity (Wildman–Crippen MR) is 137 cm³/mol. The standard InChI is InChI=1S/C28H26N2O4S/c1-16-25(28(33)30-19-7-4-3-5-8-19)26(17-10-11-21(31)23(15-17)34-2)27-20(29-16)13-18(14-22(27)32)24-9-6-12-35-24/h3-12,15,18,26,29,31H,13-14H2,1-2H3,(H,30,33)/t18-,26+/m1/s1. The van der Waals surface area contributed by atoms with E-state index in [2.05, 4.69) is 16.7 Å². The minimum Gasteiger partial charge on any atom is -0.504 e. The van der Waals surface area contributed by atoms with Crippen LogP contribution in [-0.4, -0.2) is 23.9 Å². The Labute approximate surface area is 208 Å². The lowest BCUT2D eigenvalue weighted by atomic mass is 9.72. The number of para-hydroxylation sites is 1. The molecule has 1 aliphatic carbocycles. The van der Waals surface area contributed by atoms with Crippen LogP contribution in [-0.2, 0) is 9.59 Å². The van der Waals surface area contributed by atoms with Crippen LogP contribution in [0.4, 0.5) is 5.69 Å². The van der Waals surface area contributed by atoms with Crippen molar-refractivity contribution in [2.75, 3.05) is 12.4 Å². The molecule has 0 saturated heterocycles. The number of allylic oxidation sites excluding steroid dienone is 3. The van der Waals surface area contributed by atoms with Gasteiger partial charge in [-0.1, -0.05) is 30.3 Å². The fraction of sp³-hybridized carbons (Fsp3) is 0.214. The first kappa shape index (κ1) is 22.9. The number of aromatic hydroxyl groups is 1. The number of anilines is 1. The maximum Gasteiger partial charge on any atom is 0.254 e. The largest absolute Gasteiger partial charge is 0.504 e. The molecule has 0 spiro atoms. The van der Waals surface area contributed by atoms with Crippen LogP contribution >= 0.6 is 11.3 Å². The van der Waals surface area contributed by atoms with Gasteiger partial charge in [0.05, 0.1) is 7.11 Å². The lowest BCUT2D eigenvalue weighted by Gasteiger charge is -2.36. The number of ether oxygens (including phenoxy) is 1. The highest BCUT2D eigenvalue weighted by Crippen LogP contribution is 2.47. The zero-order valence-electron chi connectivity index (χ0n) is 19.5. The molecular formula is C28H26N2O4S. The maximum absolute atomic E-state index is 13.6. The minimum absolute atomic E-state index is 0.00288. The molecule has 5 rings (SSSR count). The van der Waals surface area contributed by atoms with E-state index in [1.807, 2.05) is 48.7 Å². The molecule has 7 heteroatoms. The number of dihydropyridines is 1. The van der Waals surface area contributed by atoms with E-state index in [0.29, 0.717) is 46.7 Å². The number of amides is 1. The summed E-state index contributed by atoms with van der Waals surface area (Å²) in [6.45, 7) is 1.87. The van der Waals surface area contributed by atoms with Crippen LogP contribution in [0.1, 0.15) is 42.0 Å². The van der Waals surface area contributed by atoms with Gasteiger partial charge in [0.2, 0.25) is 0 Å². The van der Waals surface area contributed by atoms with E-state index in [1.165, 1.54) is 12.0 Å².